The van der Waals surface area contributed by atoms with E-state index < -0.39 is 0 Å². The summed E-state index contributed by atoms with van der Waals surface area (Å²) in [5.74, 6) is 0.171. The van der Waals surface area contributed by atoms with Crippen LogP contribution in [0.3, 0.4) is 0 Å². The van der Waals surface area contributed by atoms with Gasteiger partial charge in [-0.1, -0.05) is 43.7 Å². The van der Waals surface area contributed by atoms with Crippen LogP contribution in [0, 0.1) is 0 Å². The summed E-state index contributed by atoms with van der Waals surface area (Å²) >= 11 is 0. The maximum absolute atomic E-state index is 11.9. The van der Waals surface area contributed by atoms with Gasteiger partial charge in [-0.25, -0.2) is 0 Å². The molecule has 0 unspecified atom stereocenters. The van der Waals surface area contributed by atoms with Crippen LogP contribution in [0.4, 0.5) is 0 Å². The molecule has 1 aromatic rings. The largest absolute Gasteiger partial charge is 0.337 e. The molecular formula is C14H22N2O. The van der Waals surface area contributed by atoms with E-state index in [0.29, 0.717) is 13.1 Å². The summed E-state index contributed by atoms with van der Waals surface area (Å²) in [6.07, 6.45) is 2.17. The van der Waals surface area contributed by atoms with Crippen LogP contribution in [-0.4, -0.2) is 30.9 Å². The Balaban J connectivity index is 2.59. The molecule has 0 saturated carbocycles. The summed E-state index contributed by atoms with van der Waals surface area (Å²) < 4.78 is 0. The second kappa shape index (κ2) is 7.85. The minimum atomic E-state index is 0.171. The van der Waals surface area contributed by atoms with E-state index in [1.165, 1.54) is 5.56 Å². The van der Waals surface area contributed by atoms with E-state index in [9.17, 15) is 4.79 Å². The van der Waals surface area contributed by atoms with Crippen LogP contribution in [0.2, 0.25) is 0 Å². The van der Waals surface area contributed by atoms with Crippen molar-refractivity contribution in [2.75, 3.05) is 20.1 Å². The number of benzene rings is 1. The monoisotopic (exact) mass is 234 g/mol. The molecule has 0 aromatic heterocycles. The lowest BCUT2D eigenvalue weighted by molar-refractivity contribution is -0.130. The lowest BCUT2D eigenvalue weighted by Gasteiger charge is -2.22. The first-order valence-electron chi connectivity index (χ1n) is 6.24. The topological polar surface area (TPSA) is 32.3 Å². The maximum Gasteiger partial charge on any atom is 0.236 e. The summed E-state index contributed by atoms with van der Waals surface area (Å²) in [5.41, 5.74) is 1.19. The van der Waals surface area contributed by atoms with Crippen molar-refractivity contribution in [2.45, 2.75) is 26.3 Å². The van der Waals surface area contributed by atoms with Crippen LogP contribution < -0.4 is 5.32 Å². The van der Waals surface area contributed by atoms with Crippen molar-refractivity contribution in [1.29, 1.82) is 0 Å². The van der Waals surface area contributed by atoms with Crippen molar-refractivity contribution < 1.29 is 4.79 Å². The van der Waals surface area contributed by atoms with Gasteiger partial charge < -0.3 is 10.2 Å². The molecule has 0 radical (unpaired) electrons. The molecule has 0 aliphatic rings. The van der Waals surface area contributed by atoms with Gasteiger partial charge >= 0.3 is 0 Å². The third-order valence-electron chi connectivity index (χ3n) is 2.68. The van der Waals surface area contributed by atoms with Crippen LogP contribution in [-0.2, 0) is 11.3 Å². The highest BCUT2D eigenvalue weighted by molar-refractivity contribution is 5.78. The zero-order valence-electron chi connectivity index (χ0n) is 10.8. The van der Waals surface area contributed by atoms with Gasteiger partial charge in [0.2, 0.25) is 5.91 Å². The molecule has 1 rings (SSSR count). The van der Waals surface area contributed by atoms with Gasteiger partial charge in [0.25, 0.3) is 0 Å². The van der Waals surface area contributed by atoms with Crippen molar-refractivity contribution in [3.8, 4) is 0 Å². The predicted molar refractivity (Wildman–Crippen MR) is 70.7 cm³/mol. The zero-order chi connectivity index (χ0) is 12.5. The van der Waals surface area contributed by atoms with Gasteiger partial charge in [0, 0.05) is 13.1 Å². The Morgan fingerprint density at radius 2 is 2.00 bits per heavy atom. The molecule has 3 heteroatoms. The van der Waals surface area contributed by atoms with Gasteiger partial charge in [-0.2, -0.15) is 0 Å². The average molecular weight is 234 g/mol. The molecule has 1 aromatic carbocycles. The van der Waals surface area contributed by atoms with Crippen molar-refractivity contribution >= 4 is 5.91 Å². The lowest BCUT2D eigenvalue weighted by atomic mass is 10.2. The molecule has 0 aliphatic heterocycles. The van der Waals surface area contributed by atoms with Crippen LogP contribution in [0.5, 0.6) is 0 Å². The quantitative estimate of drug-likeness (QED) is 0.783. The summed E-state index contributed by atoms with van der Waals surface area (Å²) in [6, 6.07) is 10.1. The van der Waals surface area contributed by atoms with E-state index in [1.807, 2.05) is 23.1 Å². The molecule has 0 atom stereocenters. The first kappa shape index (κ1) is 13.7. The second-order valence-electron chi connectivity index (χ2n) is 4.18. The summed E-state index contributed by atoms with van der Waals surface area (Å²) in [6.45, 7) is 4.10. The second-order valence-corrected chi connectivity index (χ2v) is 4.18. The number of amides is 1. The van der Waals surface area contributed by atoms with Gasteiger partial charge in [-0.15, -0.1) is 0 Å². The van der Waals surface area contributed by atoms with Gasteiger partial charge in [0.1, 0.15) is 0 Å². The molecule has 3 nitrogen and oxygen atoms in total. The Kier molecular flexibility index (Phi) is 6.33. The number of carbonyl (C=O) groups excluding carboxylic acids is 1. The van der Waals surface area contributed by atoms with Crippen LogP contribution >= 0.6 is 0 Å². The molecule has 0 bridgehead atoms. The van der Waals surface area contributed by atoms with Crippen molar-refractivity contribution in [3.05, 3.63) is 35.9 Å². The summed E-state index contributed by atoms with van der Waals surface area (Å²) in [4.78, 5) is 13.8. The molecule has 0 fully saturated rings. The van der Waals surface area contributed by atoms with Crippen LogP contribution in [0.25, 0.3) is 0 Å². The first-order valence-corrected chi connectivity index (χ1v) is 6.24. The minimum Gasteiger partial charge on any atom is -0.337 e. The molecule has 1 amide bonds. The van der Waals surface area contributed by atoms with E-state index in [-0.39, 0.29) is 5.91 Å². The molecule has 0 aliphatic carbocycles. The van der Waals surface area contributed by atoms with Gasteiger partial charge in [-0.05, 0) is 19.0 Å². The van der Waals surface area contributed by atoms with Crippen LogP contribution in [0.15, 0.2) is 30.3 Å². The van der Waals surface area contributed by atoms with Crippen molar-refractivity contribution in [1.82, 2.24) is 10.2 Å². The Labute approximate surface area is 104 Å². The minimum absolute atomic E-state index is 0.171. The molecule has 94 valence electrons. The third kappa shape index (κ3) is 5.00. The highest BCUT2D eigenvalue weighted by atomic mass is 16.2. The van der Waals surface area contributed by atoms with Gasteiger partial charge in [0.05, 0.1) is 6.54 Å². The molecule has 17 heavy (non-hydrogen) atoms. The van der Waals surface area contributed by atoms with Gasteiger partial charge in [-0.3, -0.25) is 4.79 Å². The number of hydrogen-bond donors (Lipinski definition) is 1. The van der Waals surface area contributed by atoms with E-state index in [1.54, 1.807) is 7.05 Å². The molecule has 1 N–H and O–H groups in total. The number of nitrogens with zero attached hydrogens (tertiary/aromatic N) is 1. The Morgan fingerprint density at radius 3 is 2.59 bits per heavy atom. The highest BCUT2D eigenvalue weighted by Crippen LogP contribution is 2.06. The Morgan fingerprint density at radius 1 is 1.29 bits per heavy atom. The highest BCUT2D eigenvalue weighted by Gasteiger charge is 2.12. The number of carbonyl (C=O) groups is 1. The standard InChI is InChI=1S/C14H22N2O/c1-3-4-10-16(14(17)11-15-2)12-13-8-6-5-7-9-13/h5-9,15H,3-4,10-12H2,1-2H3. The molecule has 0 heterocycles. The third-order valence-corrected chi connectivity index (χ3v) is 2.68. The van der Waals surface area contributed by atoms with E-state index in [4.69, 9.17) is 0 Å². The number of rotatable bonds is 7. The number of nitrogens with one attached hydrogen (secondary N) is 1. The SMILES string of the molecule is CCCCN(Cc1ccccc1)C(=O)CNC. The average Bonchev–Trinajstić information content (AvgIpc) is 2.36. The van der Waals surface area contributed by atoms with Gasteiger partial charge in [0.15, 0.2) is 0 Å². The van der Waals surface area contributed by atoms with Crippen molar-refractivity contribution in [3.63, 3.8) is 0 Å². The smallest absolute Gasteiger partial charge is 0.236 e. The maximum atomic E-state index is 11.9. The first-order chi connectivity index (χ1) is 8.27. The lowest BCUT2D eigenvalue weighted by Crippen LogP contribution is -2.37. The fraction of sp³-hybridized carbons (Fsp3) is 0.500. The number of likely N-dealkylation sites (N-methyl/N-ethyl adjacent to an activating group) is 1. The zero-order valence-corrected chi connectivity index (χ0v) is 10.8. The molecule has 0 spiro atoms. The number of hydrogen-bond acceptors (Lipinski definition) is 2. The molecule has 0 saturated heterocycles. The van der Waals surface area contributed by atoms with Crippen molar-refractivity contribution in [2.24, 2.45) is 0 Å². The Hall–Kier alpha value is -1.35. The van der Waals surface area contributed by atoms with Crippen LogP contribution in [0.1, 0.15) is 25.3 Å². The normalized spacial score (nSPS) is 10.2. The Bertz CT molecular complexity index is 324. The molecular weight excluding hydrogens is 212 g/mol. The van der Waals surface area contributed by atoms with E-state index in [2.05, 4.69) is 24.4 Å². The van der Waals surface area contributed by atoms with E-state index >= 15 is 0 Å². The summed E-state index contributed by atoms with van der Waals surface area (Å²) in [7, 11) is 1.80. The fourth-order valence-corrected chi connectivity index (χ4v) is 1.71. The number of unbranched alkanes of at least 4 members (excludes halogenated alkanes) is 1. The summed E-state index contributed by atoms with van der Waals surface area (Å²) in [5, 5.41) is 2.92. The predicted octanol–water partition coefficient (Wildman–Crippen LogP) is 2.03. The van der Waals surface area contributed by atoms with E-state index in [0.717, 1.165) is 19.4 Å². The fourth-order valence-electron chi connectivity index (χ4n) is 1.71.